The summed E-state index contributed by atoms with van der Waals surface area (Å²) >= 11 is 6.55. The van der Waals surface area contributed by atoms with Gasteiger partial charge in [0.15, 0.2) is 0 Å². The van der Waals surface area contributed by atoms with Crippen molar-refractivity contribution in [1.82, 2.24) is 10.2 Å². The van der Waals surface area contributed by atoms with Gasteiger partial charge in [-0.1, -0.05) is 29.8 Å². The lowest BCUT2D eigenvalue weighted by atomic mass is 10.1. The highest BCUT2D eigenvalue weighted by Crippen LogP contribution is 2.27. The molecule has 0 radical (unpaired) electrons. The lowest BCUT2D eigenvalue weighted by molar-refractivity contribution is 0.102. The van der Waals surface area contributed by atoms with Gasteiger partial charge in [-0.2, -0.15) is 5.26 Å². The van der Waals surface area contributed by atoms with Crippen molar-refractivity contribution in [2.24, 2.45) is 0 Å². The summed E-state index contributed by atoms with van der Waals surface area (Å²) in [6, 6.07) is 14.8. The average Bonchev–Trinajstić information content (AvgIpc) is 2.65. The fourth-order valence-electron chi connectivity index (χ4n) is 3.12. The normalized spacial score (nSPS) is 17.5. The van der Waals surface area contributed by atoms with E-state index in [-0.39, 0.29) is 5.91 Å². The molecule has 0 aliphatic carbocycles. The maximum atomic E-state index is 12.5. The maximum Gasteiger partial charge on any atom is 0.255 e. The molecule has 1 heterocycles. The molecule has 1 atom stereocenters. The summed E-state index contributed by atoms with van der Waals surface area (Å²) in [7, 11) is 0. The minimum atomic E-state index is -0.281. The average molecular weight is 369 g/mol. The fourth-order valence-corrected chi connectivity index (χ4v) is 3.35. The highest BCUT2D eigenvalue weighted by Gasteiger charge is 2.18. The molecular formula is C20H21ClN4O. The number of carbonyl (C=O) groups is 1. The van der Waals surface area contributed by atoms with E-state index >= 15 is 0 Å². The molecule has 0 spiro atoms. The standard InChI is InChI=1S/C20H21ClN4O/c1-14-12-25(9-8-23-14)13-17-6-3-7-18(19(17)21)24-20(26)16-5-2-4-15(10-16)11-22/h2-7,10,14,23H,8-9,12-13H2,1H3,(H,24,26). The SMILES string of the molecule is CC1CN(Cc2cccc(NC(=O)c3cccc(C#N)c3)c2Cl)CCN1. The van der Waals surface area contributed by atoms with Gasteiger partial charge in [-0.15, -0.1) is 0 Å². The van der Waals surface area contributed by atoms with E-state index in [1.54, 1.807) is 30.3 Å². The first-order valence-corrected chi connectivity index (χ1v) is 8.99. The van der Waals surface area contributed by atoms with Gasteiger partial charge in [-0.25, -0.2) is 0 Å². The van der Waals surface area contributed by atoms with Crippen molar-refractivity contribution in [3.63, 3.8) is 0 Å². The number of nitrogens with one attached hydrogen (secondary N) is 2. The number of hydrogen-bond donors (Lipinski definition) is 2. The van der Waals surface area contributed by atoms with Gasteiger partial charge in [0.05, 0.1) is 22.3 Å². The Morgan fingerprint density at radius 2 is 2.19 bits per heavy atom. The highest BCUT2D eigenvalue weighted by atomic mass is 35.5. The number of benzene rings is 2. The van der Waals surface area contributed by atoms with Gasteiger partial charge in [-0.05, 0) is 36.8 Å². The van der Waals surface area contributed by atoms with Crippen molar-refractivity contribution in [3.8, 4) is 6.07 Å². The van der Waals surface area contributed by atoms with Crippen molar-refractivity contribution in [2.75, 3.05) is 25.0 Å². The molecule has 2 aromatic rings. The lowest BCUT2D eigenvalue weighted by Gasteiger charge is -2.32. The first kappa shape index (κ1) is 18.4. The van der Waals surface area contributed by atoms with Gasteiger partial charge >= 0.3 is 0 Å². The number of carbonyl (C=O) groups excluding carboxylic acids is 1. The number of piperazine rings is 1. The van der Waals surface area contributed by atoms with Crippen LogP contribution in [0.3, 0.4) is 0 Å². The monoisotopic (exact) mass is 368 g/mol. The quantitative estimate of drug-likeness (QED) is 0.869. The molecule has 1 fully saturated rings. The van der Waals surface area contributed by atoms with Gasteiger partial charge < -0.3 is 10.6 Å². The van der Waals surface area contributed by atoms with Crippen molar-refractivity contribution in [1.29, 1.82) is 5.26 Å². The third-order valence-electron chi connectivity index (χ3n) is 4.43. The fraction of sp³-hybridized carbons (Fsp3) is 0.300. The Bertz CT molecular complexity index is 846. The predicted octanol–water partition coefficient (Wildman–Crippen LogP) is 3.26. The molecule has 6 heteroatoms. The molecule has 1 amide bonds. The van der Waals surface area contributed by atoms with E-state index < -0.39 is 0 Å². The van der Waals surface area contributed by atoms with Crippen molar-refractivity contribution < 1.29 is 4.79 Å². The molecule has 5 nitrogen and oxygen atoms in total. The summed E-state index contributed by atoms with van der Waals surface area (Å²) in [5.74, 6) is -0.281. The molecule has 134 valence electrons. The van der Waals surface area contributed by atoms with Gasteiger partial charge in [0.1, 0.15) is 0 Å². The van der Waals surface area contributed by atoms with Crippen LogP contribution in [0.5, 0.6) is 0 Å². The van der Waals surface area contributed by atoms with E-state index in [1.165, 1.54) is 0 Å². The zero-order chi connectivity index (χ0) is 18.5. The maximum absolute atomic E-state index is 12.5. The van der Waals surface area contributed by atoms with Crippen LogP contribution < -0.4 is 10.6 Å². The van der Waals surface area contributed by atoms with Crippen LogP contribution in [-0.4, -0.2) is 36.5 Å². The molecule has 0 aromatic heterocycles. The number of halogens is 1. The highest BCUT2D eigenvalue weighted by molar-refractivity contribution is 6.34. The molecule has 3 rings (SSSR count). The van der Waals surface area contributed by atoms with Crippen LogP contribution in [0, 0.1) is 11.3 Å². The van der Waals surface area contributed by atoms with Crippen LogP contribution in [0.2, 0.25) is 5.02 Å². The van der Waals surface area contributed by atoms with E-state index in [2.05, 4.69) is 22.5 Å². The predicted molar refractivity (Wildman–Crippen MR) is 103 cm³/mol. The molecule has 1 aliphatic rings. The number of nitrogens with zero attached hydrogens (tertiary/aromatic N) is 2. The van der Waals surface area contributed by atoms with Gasteiger partial charge in [-0.3, -0.25) is 9.69 Å². The smallest absolute Gasteiger partial charge is 0.255 e. The van der Waals surface area contributed by atoms with E-state index in [0.717, 1.165) is 31.7 Å². The van der Waals surface area contributed by atoms with Gasteiger partial charge in [0.25, 0.3) is 5.91 Å². The van der Waals surface area contributed by atoms with E-state index in [0.29, 0.717) is 27.9 Å². The Labute approximate surface area is 158 Å². The van der Waals surface area contributed by atoms with Crippen molar-refractivity contribution in [2.45, 2.75) is 19.5 Å². The van der Waals surface area contributed by atoms with E-state index in [4.69, 9.17) is 16.9 Å². The summed E-state index contributed by atoms with van der Waals surface area (Å²) < 4.78 is 0. The topological polar surface area (TPSA) is 68.2 Å². The molecule has 2 aromatic carbocycles. The molecule has 1 saturated heterocycles. The van der Waals surface area contributed by atoms with Crippen molar-refractivity contribution >= 4 is 23.2 Å². The second-order valence-electron chi connectivity index (χ2n) is 6.52. The Balaban J connectivity index is 1.74. The Morgan fingerprint density at radius 1 is 1.38 bits per heavy atom. The summed E-state index contributed by atoms with van der Waals surface area (Å²) in [5.41, 5.74) is 2.45. The Morgan fingerprint density at radius 3 is 2.96 bits per heavy atom. The first-order valence-electron chi connectivity index (χ1n) is 8.61. The zero-order valence-corrected chi connectivity index (χ0v) is 15.4. The minimum absolute atomic E-state index is 0.281. The van der Waals surface area contributed by atoms with Gasteiger partial charge in [0, 0.05) is 37.8 Å². The molecule has 0 saturated carbocycles. The Hall–Kier alpha value is -2.39. The molecule has 1 unspecified atom stereocenters. The Kier molecular flexibility index (Phi) is 5.89. The zero-order valence-electron chi connectivity index (χ0n) is 14.6. The van der Waals surface area contributed by atoms with E-state index in [1.807, 2.05) is 18.2 Å². The van der Waals surface area contributed by atoms with Crippen LogP contribution in [-0.2, 0) is 6.54 Å². The number of nitriles is 1. The largest absolute Gasteiger partial charge is 0.321 e. The molecule has 2 N–H and O–H groups in total. The third-order valence-corrected chi connectivity index (χ3v) is 4.87. The third kappa shape index (κ3) is 4.41. The van der Waals surface area contributed by atoms with Crippen LogP contribution in [0.25, 0.3) is 0 Å². The number of rotatable bonds is 4. The summed E-state index contributed by atoms with van der Waals surface area (Å²) in [5, 5.41) is 15.8. The first-order chi connectivity index (χ1) is 12.6. The second-order valence-corrected chi connectivity index (χ2v) is 6.89. The van der Waals surface area contributed by atoms with Gasteiger partial charge in [0.2, 0.25) is 0 Å². The van der Waals surface area contributed by atoms with Crippen LogP contribution in [0.4, 0.5) is 5.69 Å². The molecule has 1 aliphatic heterocycles. The summed E-state index contributed by atoms with van der Waals surface area (Å²) in [4.78, 5) is 14.8. The summed E-state index contributed by atoms with van der Waals surface area (Å²) in [6.07, 6.45) is 0. The number of amides is 1. The molecule has 26 heavy (non-hydrogen) atoms. The summed E-state index contributed by atoms with van der Waals surface area (Å²) in [6.45, 7) is 5.81. The van der Waals surface area contributed by atoms with Crippen LogP contribution in [0.15, 0.2) is 42.5 Å². The minimum Gasteiger partial charge on any atom is -0.321 e. The van der Waals surface area contributed by atoms with Crippen LogP contribution >= 0.6 is 11.6 Å². The molecular weight excluding hydrogens is 348 g/mol. The lowest BCUT2D eigenvalue weighted by Crippen LogP contribution is -2.48. The van der Waals surface area contributed by atoms with Crippen LogP contribution in [0.1, 0.15) is 28.4 Å². The number of anilines is 1. The molecule has 0 bridgehead atoms. The van der Waals surface area contributed by atoms with Crippen molar-refractivity contribution in [3.05, 3.63) is 64.2 Å². The number of hydrogen-bond acceptors (Lipinski definition) is 4. The second kappa shape index (κ2) is 8.33. The van der Waals surface area contributed by atoms with E-state index in [9.17, 15) is 4.79 Å².